The molecule has 0 unspecified atom stereocenters. The van der Waals surface area contributed by atoms with Gasteiger partial charge in [0.1, 0.15) is 0 Å². The van der Waals surface area contributed by atoms with Crippen LogP contribution in [0.15, 0.2) is 0 Å². The normalized spacial score (nSPS) is 19.3. The van der Waals surface area contributed by atoms with Gasteiger partial charge in [-0.05, 0) is 64.2 Å². The second-order valence-electron chi connectivity index (χ2n) is 11.9. The number of hydrogen-bond acceptors (Lipinski definition) is 2. The minimum absolute atomic E-state index is 0.263. The molecule has 2 aliphatic rings. The monoisotopic (exact) mass is 490 g/mol. The van der Waals surface area contributed by atoms with Crippen LogP contribution in [0.25, 0.3) is 0 Å². The zero-order chi connectivity index (χ0) is 25.1. The van der Waals surface area contributed by atoms with Gasteiger partial charge in [0.05, 0.1) is 0 Å². The Morgan fingerprint density at radius 3 is 1.11 bits per heavy atom. The SMILES string of the molecule is C[C@H](NC(=O)CCCCCCCCCCCCCC(=O)N[C@@H](C)C1CCCCC1)C1CCCCC1. The molecule has 0 aromatic heterocycles. The highest BCUT2D eigenvalue weighted by Gasteiger charge is 2.22. The van der Waals surface area contributed by atoms with Crippen molar-refractivity contribution in [3.8, 4) is 0 Å². The lowest BCUT2D eigenvalue weighted by atomic mass is 9.84. The first kappa shape index (κ1) is 30.2. The van der Waals surface area contributed by atoms with Gasteiger partial charge in [-0.3, -0.25) is 9.59 Å². The molecule has 0 aliphatic heterocycles. The first-order chi connectivity index (χ1) is 17.1. The van der Waals surface area contributed by atoms with E-state index in [9.17, 15) is 9.59 Å². The number of amides is 2. The highest BCUT2D eigenvalue weighted by atomic mass is 16.2. The average molecular weight is 491 g/mol. The molecule has 2 amide bonds. The molecule has 2 atom stereocenters. The first-order valence-corrected chi connectivity index (χ1v) is 15.6. The molecule has 204 valence electrons. The van der Waals surface area contributed by atoms with Crippen molar-refractivity contribution in [3.63, 3.8) is 0 Å². The Morgan fingerprint density at radius 1 is 0.514 bits per heavy atom. The topological polar surface area (TPSA) is 58.2 Å². The molecule has 2 fully saturated rings. The summed E-state index contributed by atoms with van der Waals surface area (Å²) in [7, 11) is 0. The summed E-state index contributed by atoms with van der Waals surface area (Å²) in [5, 5.41) is 6.51. The molecule has 4 nitrogen and oxygen atoms in total. The van der Waals surface area contributed by atoms with Crippen LogP contribution < -0.4 is 10.6 Å². The number of hydrogen-bond donors (Lipinski definition) is 2. The van der Waals surface area contributed by atoms with Crippen LogP contribution in [-0.2, 0) is 9.59 Å². The van der Waals surface area contributed by atoms with Crippen molar-refractivity contribution in [3.05, 3.63) is 0 Å². The predicted molar refractivity (Wildman–Crippen MR) is 148 cm³/mol. The minimum Gasteiger partial charge on any atom is -0.353 e. The second-order valence-corrected chi connectivity index (χ2v) is 11.9. The van der Waals surface area contributed by atoms with Gasteiger partial charge in [0.25, 0.3) is 0 Å². The summed E-state index contributed by atoms with van der Waals surface area (Å²) in [4.78, 5) is 24.4. The van der Waals surface area contributed by atoms with Crippen molar-refractivity contribution in [1.82, 2.24) is 10.6 Å². The molecule has 2 N–H and O–H groups in total. The van der Waals surface area contributed by atoms with Crippen molar-refractivity contribution < 1.29 is 9.59 Å². The number of unbranched alkanes of at least 4 members (excludes halogenated alkanes) is 10. The molecule has 2 aliphatic carbocycles. The number of carbonyl (C=O) groups is 2. The van der Waals surface area contributed by atoms with Gasteiger partial charge in [-0.2, -0.15) is 0 Å². The summed E-state index contributed by atoms with van der Waals surface area (Å²) in [5.74, 6) is 1.93. The molecule has 0 bridgehead atoms. The van der Waals surface area contributed by atoms with E-state index in [4.69, 9.17) is 0 Å². The van der Waals surface area contributed by atoms with E-state index in [-0.39, 0.29) is 11.8 Å². The van der Waals surface area contributed by atoms with Crippen LogP contribution in [0.4, 0.5) is 0 Å². The molecule has 2 saturated carbocycles. The zero-order valence-electron chi connectivity index (χ0n) is 23.4. The van der Waals surface area contributed by atoms with E-state index in [2.05, 4.69) is 24.5 Å². The van der Waals surface area contributed by atoms with E-state index in [0.29, 0.717) is 36.8 Å². The summed E-state index contributed by atoms with van der Waals surface area (Å²) < 4.78 is 0. The van der Waals surface area contributed by atoms with E-state index in [1.54, 1.807) is 0 Å². The van der Waals surface area contributed by atoms with Crippen LogP contribution in [0.3, 0.4) is 0 Å². The van der Waals surface area contributed by atoms with Crippen molar-refractivity contribution >= 4 is 11.8 Å². The maximum absolute atomic E-state index is 12.2. The highest BCUT2D eigenvalue weighted by molar-refractivity contribution is 5.76. The molecule has 0 radical (unpaired) electrons. The third-order valence-electron chi connectivity index (χ3n) is 8.80. The van der Waals surface area contributed by atoms with Crippen LogP contribution in [0, 0.1) is 11.8 Å². The van der Waals surface area contributed by atoms with Gasteiger partial charge in [0.2, 0.25) is 11.8 Å². The third kappa shape index (κ3) is 14.3. The molecular formula is C31H58N2O2. The van der Waals surface area contributed by atoms with Gasteiger partial charge in [-0.25, -0.2) is 0 Å². The Balaban J connectivity index is 1.30. The van der Waals surface area contributed by atoms with E-state index >= 15 is 0 Å². The van der Waals surface area contributed by atoms with Crippen molar-refractivity contribution in [2.45, 2.75) is 174 Å². The van der Waals surface area contributed by atoms with Crippen molar-refractivity contribution in [2.24, 2.45) is 11.8 Å². The quantitative estimate of drug-likeness (QED) is 0.190. The van der Waals surface area contributed by atoms with Crippen LogP contribution in [-0.4, -0.2) is 23.9 Å². The molecule has 2 rings (SSSR count). The van der Waals surface area contributed by atoms with Gasteiger partial charge < -0.3 is 10.6 Å². The van der Waals surface area contributed by atoms with Gasteiger partial charge in [-0.15, -0.1) is 0 Å². The van der Waals surface area contributed by atoms with Crippen LogP contribution in [0.5, 0.6) is 0 Å². The summed E-state index contributed by atoms with van der Waals surface area (Å²) in [6.07, 6.45) is 28.2. The largest absolute Gasteiger partial charge is 0.353 e. The van der Waals surface area contributed by atoms with Gasteiger partial charge >= 0.3 is 0 Å². The molecule has 4 heteroatoms. The van der Waals surface area contributed by atoms with Crippen molar-refractivity contribution in [2.75, 3.05) is 0 Å². The summed E-state index contributed by atoms with van der Waals surface area (Å²) in [5.41, 5.74) is 0. The van der Waals surface area contributed by atoms with Crippen molar-refractivity contribution in [1.29, 1.82) is 0 Å². The fourth-order valence-electron chi connectivity index (χ4n) is 6.32. The van der Waals surface area contributed by atoms with Crippen LogP contribution in [0.2, 0.25) is 0 Å². The Kier molecular flexibility index (Phi) is 16.5. The average Bonchev–Trinajstić information content (AvgIpc) is 2.87. The van der Waals surface area contributed by atoms with Gasteiger partial charge in [-0.1, -0.05) is 96.3 Å². The van der Waals surface area contributed by atoms with Crippen LogP contribution >= 0.6 is 0 Å². The van der Waals surface area contributed by atoms with E-state index in [1.165, 1.54) is 122 Å². The zero-order valence-corrected chi connectivity index (χ0v) is 23.4. The van der Waals surface area contributed by atoms with Gasteiger partial charge in [0, 0.05) is 24.9 Å². The molecule has 0 spiro atoms. The van der Waals surface area contributed by atoms with E-state index in [1.807, 2.05) is 0 Å². The number of rotatable bonds is 18. The highest BCUT2D eigenvalue weighted by Crippen LogP contribution is 2.27. The lowest BCUT2D eigenvalue weighted by Gasteiger charge is -2.28. The Bertz CT molecular complexity index is 504. The summed E-state index contributed by atoms with van der Waals surface area (Å²) >= 11 is 0. The predicted octanol–water partition coefficient (Wildman–Crippen LogP) is 8.23. The number of nitrogens with one attached hydrogen (secondary N) is 2. The maximum Gasteiger partial charge on any atom is 0.220 e. The minimum atomic E-state index is 0.263. The lowest BCUT2D eigenvalue weighted by Crippen LogP contribution is -2.38. The molecule has 35 heavy (non-hydrogen) atoms. The molecule has 0 saturated heterocycles. The standard InChI is InChI=1S/C31H58N2O2/c1-26(28-20-14-12-15-21-28)32-30(34)24-18-10-8-6-4-3-5-7-9-11-19-25-31(35)33-27(2)29-22-16-13-17-23-29/h26-29H,3-25H2,1-2H3,(H,32,34)(H,33,35)/t26-,27-/m0/s1. The maximum atomic E-state index is 12.2. The summed E-state index contributed by atoms with van der Waals surface area (Å²) in [6, 6.07) is 0.713. The van der Waals surface area contributed by atoms with E-state index in [0.717, 1.165) is 12.8 Å². The molecule has 0 heterocycles. The molecule has 0 aromatic rings. The Morgan fingerprint density at radius 2 is 0.800 bits per heavy atom. The smallest absolute Gasteiger partial charge is 0.220 e. The molecular weight excluding hydrogens is 432 g/mol. The van der Waals surface area contributed by atoms with Crippen LogP contribution in [0.1, 0.15) is 162 Å². The summed E-state index contributed by atoms with van der Waals surface area (Å²) in [6.45, 7) is 4.40. The number of carbonyl (C=O) groups excluding carboxylic acids is 2. The Labute approximate surface area is 217 Å². The van der Waals surface area contributed by atoms with E-state index < -0.39 is 0 Å². The third-order valence-corrected chi connectivity index (χ3v) is 8.80. The first-order valence-electron chi connectivity index (χ1n) is 15.6. The lowest BCUT2D eigenvalue weighted by molar-refractivity contribution is -0.123. The fourth-order valence-corrected chi connectivity index (χ4v) is 6.32. The van der Waals surface area contributed by atoms with Gasteiger partial charge in [0.15, 0.2) is 0 Å². The Hall–Kier alpha value is -1.06. The fraction of sp³-hybridized carbons (Fsp3) is 0.935. The second kappa shape index (κ2) is 19.1. The molecule has 0 aromatic carbocycles.